The highest BCUT2D eigenvalue weighted by Gasteiger charge is 2.49. The molecule has 6 heteroatoms. The van der Waals surface area contributed by atoms with E-state index in [4.69, 9.17) is 23.2 Å². The van der Waals surface area contributed by atoms with Crippen LogP contribution in [0.1, 0.15) is 32.1 Å². The lowest BCUT2D eigenvalue weighted by molar-refractivity contribution is -0.134. The van der Waals surface area contributed by atoms with E-state index >= 15 is 0 Å². The third kappa shape index (κ3) is 3.81. The van der Waals surface area contributed by atoms with E-state index in [0.717, 1.165) is 25.9 Å². The molecular formula is C17H20Cl2N2O2. The highest BCUT2D eigenvalue weighted by molar-refractivity contribution is 6.44. The summed E-state index contributed by atoms with van der Waals surface area (Å²) < 4.78 is 0. The highest BCUT2D eigenvalue weighted by atomic mass is 35.5. The molecule has 1 aromatic rings. The van der Waals surface area contributed by atoms with Crippen molar-refractivity contribution in [3.8, 4) is 0 Å². The maximum Gasteiger partial charge on any atom is 0.228 e. The summed E-state index contributed by atoms with van der Waals surface area (Å²) in [6, 6.07) is 5.11. The molecule has 2 atom stereocenters. The van der Waals surface area contributed by atoms with E-state index in [0.29, 0.717) is 22.2 Å². The summed E-state index contributed by atoms with van der Waals surface area (Å²) in [7, 11) is 0. The van der Waals surface area contributed by atoms with Gasteiger partial charge in [-0.25, -0.2) is 0 Å². The zero-order valence-electron chi connectivity index (χ0n) is 12.9. The van der Waals surface area contributed by atoms with Crippen molar-refractivity contribution in [1.82, 2.24) is 4.90 Å². The molecule has 4 nitrogen and oxygen atoms in total. The second-order valence-electron chi connectivity index (χ2n) is 6.28. The largest absolute Gasteiger partial charge is 0.342 e. The molecule has 2 fully saturated rings. The number of rotatable bonds is 3. The van der Waals surface area contributed by atoms with Gasteiger partial charge in [0.2, 0.25) is 11.8 Å². The molecule has 0 spiro atoms. The van der Waals surface area contributed by atoms with E-state index in [-0.39, 0.29) is 23.7 Å². The number of hydrogen-bond donors (Lipinski definition) is 1. The Morgan fingerprint density at radius 2 is 1.74 bits per heavy atom. The lowest BCUT2D eigenvalue weighted by atomic mass is 10.2. The average molecular weight is 355 g/mol. The summed E-state index contributed by atoms with van der Waals surface area (Å²) in [6.45, 7) is 1.65. The fourth-order valence-electron chi connectivity index (χ4n) is 3.11. The van der Waals surface area contributed by atoms with Crippen LogP contribution < -0.4 is 5.32 Å². The normalized spacial score (nSPS) is 24.0. The summed E-state index contributed by atoms with van der Waals surface area (Å²) in [4.78, 5) is 26.7. The maximum atomic E-state index is 12.5. The molecule has 0 aromatic heterocycles. The molecule has 1 aromatic carbocycles. The molecule has 124 valence electrons. The Kier molecular flexibility index (Phi) is 5.12. The van der Waals surface area contributed by atoms with Crippen molar-refractivity contribution >= 4 is 40.7 Å². The Morgan fingerprint density at radius 3 is 2.43 bits per heavy atom. The van der Waals surface area contributed by atoms with Gasteiger partial charge in [0.25, 0.3) is 0 Å². The molecular weight excluding hydrogens is 335 g/mol. The molecule has 1 saturated heterocycles. The van der Waals surface area contributed by atoms with Gasteiger partial charge in [-0.3, -0.25) is 9.59 Å². The Balaban J connectivity index is 1.58. The Bertz CT molecular complexity index is 613. The molecule has 23 heavy (non-hydrogen) atoms. The third-order valence-electron chi connectivity index (χ3n) is 4.57. The van der Waals surface area contributed by atoms with E-state index in [9.17, 15) is 9.59 Å². The first-order valence-corrected chi connectivity index (χ1v) is 8.87. The standard InChI is InChI=1S/C17H20Cl2N2O2/c18-13-6-5-7-14(15(13)19)20-16(22)11-10-12(11)17(23)21-8-3-1-2-4-9-21/h5-7,11-12H,1-4,8-10H2,(H,20,22). The monoisotopic (exact) mass is 354 g/mol. The molecule has 0 bridgehead atoms. The first-order chi connectivity index (χ1) is 11.1. The number of nitrogens with one attached hydrogen (secondary N) is 1. The lowest BCUT2D eigenvalue weighted by Gasteiger charge is -2.20. The SMILES string of the molecule is O=C(Nc1cccc(Cl)c1Cl)C1CC1C(=O)N1CCCCCC1. The number of halogens is 2. The van der Waals surface area contributed by atoms with Gasteiger partial charge in [0.05, 0.1) is 27.6 Å². The van der Waals surface area contributed by atoms with E-state index in [1.54, 1.807) is 18.2 Å². The number of anilines is 1. The number of amides is 2. The number of likely N-dealkylation sites (tertiary alicyclic amines) is 1. The van der Waals surface area contributed by atoms with Gasteiger partial charge in [0.15, 0.2) is 0 Å². The second-order valence-corrected chi connectivity index (χ2v) is 7.06. The van der Waals surface area contributed by atoms with Crippen molar-refractivity contribution in [3.63, 3.8) is 0 Å². The van der Waals surface area contributed by atoms with Gasteiger partial charge in [-0.15, -0.1) is 0 Å². The topological polar surface area (TPSA) is 49.4 Å². The zero-order chi connectivity index (χ0) is 16.4. The van der Waals surface area contributed by atoms with Gasteiger partial charge < -0.3 is 10.2 Å². The summed E-state index contributed by atoms with van der Waals surface area (Å²) in [6.07, 6.45) is 5.12. The van der Waals surface area contributed by atoms with Crippen LogP contribution in [0.25, 0.3) is 0 Å². The quantitative estimate of drug-likeness (QED) is 0.892. The molecule has 2 aliphatic rings. The zero-order valence-corrected chi connectivity index (χ0v) is 14.4. The van der Waals surface area contributed by atoms with Crippen LogP contribution in [0.2, 0.25) is 10.0 Å². The Morgan fingerprint density at radius 1 is 1.04 bits per heavy atom. The van der Waals surface area contributed by atoms with Crippen LogP contribution in [0.4, 0.5) is 5.69 Å². The number of nitrogens with zero attached hydrogens (tertiary/aromatic N) is 1. The summed E-state index contributed by atoms with van der Waals surface area (Å²) in [5.41, 5.74) is 0.497. The molecule has 1 aliphatic heterocycles. The minimum Gasteiger partial charge on any atom is -0.342 e. The molecule has 0 radical (unpaired) electrons. The fraction of sp³-hybridized carbons (Fsp3) is 0.529. The van der Waals surface area contributed by atoms with Crippen molar-refractivity contribution < 1.29 is 9.59 Å². The van der Waals surface area contributed by atoms with Crippen LogP contribution in [-0.2, 0) is 9.59 Å². The summed E-state index contributed by atoms with van der Waals surface area (Å²) in [5.74, 6) is -0.446. The van der Waals surface area contributed by atoms with Crippen LogP contribution in [-0.4, -0.2) is 29.8 Å². The number of carbonyl (C=O) groups is 2. The molecule has 1 N–H and O–H groups in total. The van der Waals surface area contributed by atoms with E-state index in [1.165, 1.54) is 12.8 Å². The molecule has 1 saturated carbocycles. The van der Waals surface area contributed by atoms with Crippen molar-refractivity contribution in [3.05, 3.63) is 28.2 Å². The molecule has 2 unspecified atom stereocenters. The van der Waals surface area contributed by atoms with Gasteiger partial charge in [-0.05, 0) is 31.4 Å². The first-order valence-electron chi connectivity index (χ1n) is 8.11. The molecule has 2 amide bonds. The van der Waals surface area contributed by atoms with Gasteiger partial charge in [0, 0.05) is 13.1 Å². The van der Waals surface area contributed by atoms with Gasteiger partial charge in [-0.2, -0.15) is 0 Å². The van der Waals surface area contributed by atoms with Gasteiger partial charge in [-0.1, -0.05) is 42.1 Å². The summed E-state index contributed by atoms with van der Waals surface area (Å²) >= 11 is 12.0. The van der Waals surface area contributed by atoms with Crippen molar-refractivity contribution in [2.75, 3.05) is 18.4 Å². The molecule has 1 heterocycles. The second kappa shape index (κ2) is 7.10. The van der Waals surface area contributed by atoms with Crippen molar-refractivity contribution in [1.29, 1.82) is 0 Å². The smallest absolute Gasteiger partial charge is 0.228 e. The van der Waals surface area contributed by atoms with E-state index < -0.39 is 0 Å². The predicted molar refractivity (Wildman–Crippen MR) is 91.7 cm³/mol. The predicted octanol–water partition coefficient (Wildman–Crippen LogP) is 3.97. The Hall–Kier alpha value is -1.26. The third-order valence-corrected chi connectivity index (χ3v) is 5.39. The minimum atomic E-state index is -0.249. The van der Waals surface area contributed by atoms with E-state index in [1.807, 2.05) is 4.90 Å². The van der Waals surface area contributed by atoms with E-state index in [2.05, 4.69) is 5.32 Å². The minimum absolute atomic E-state index is 0.129. The molecule has 3 rings (SSSR count). The number of hydrogen-bond acceptors (Lipinski definition) is 2. The Labute approximate surface area is 146 Å². The summed E-state index contributed by atoms with van der Waals surface area (Å²) in [5, 5.41) is 3.52. The van der Waals surface area contributed by atoms with Crippen LogP contribution >= 0.6 is 23.2 Å². The van der Waals surface area contributed by atoms with Crippen LogP contribution in [0.3, 0.4) is 0 Å². The first kappa shape index (κ1) is 16.6. The van der Waals surface area contributed by atoms with Crippen LogP contribution in [0, 0.1) is 11.8 Å². The lowest BCUT2D eigenvalue weighted by Crippen LogP contribution is -2.34. The maximum absolute atomic E-state index is 12.5. The van der Waals surface area contributed by atoms with Crippen LogP contribution in [0.15, 0.2) is 18.2 Å². The van der Waals surface area contributed by atoms with Crippen molar-refractivity contribution in [2.45, 2.75) is 32.1 Å². The van der Waals surface area contributed by atoms with Crippen molar-refractivity contribution in [2.24, 2.45) is 11.8 Å². The highest BCUT2D eigenvalue weighted by Crippen LogP contribution is 2.42. The van der Waals surface area contributed by atoms with Gasteiger partial charge in [0.1, 0.15) is 0 Å². The number of carbonyl (C=O) groups excluding carboxylic acids is 2. The number of benzene rings is 1. The molecule has 1 aliphatic carbocycles. The van der Waals surface area contributed by atoms with Crippen LogP contribution in [0.5, 0.6) is 0 Å². The fourth-order valence-corrected chi connectivity index (χ4v) is 3.46. The average Bonchev–Trinajstić information content (AvgIpc) is 3.34. The van der Waals surface area contributed by atoms with Gasteiger partial charge >= 0.3 is 0 Å².